The van der Waals surface area contributed by atoms with Gasteiger partial charge in [0.25, 0.3) is 5.56 Å². The van der Waals surface area contributed by atoms with Gasteiger partial charge in [0, 0.05) is 17.2 Å². The molecule has 0 saturated carbocycles. The highest BCUT2D eigenvalue weighted by Gasteiger charge is 2.45. The number of anilines is 1. The second-order valence-corrected chi connectivity index (χ2v) is 11.0. The van der Waals surface area contributed by atoms with Crippen molar-refractivity contribution < 1.29 is 41.8 Å². The number of hydrogen-bond acceptors (Lipinski definition) is 14. The van der Waals surface area contributed by atoms with E-state index < -0.39 is 52.8 Å². The molecule has 218 valence electrons. The Morgan fingerprint density at radius 1 is 1.15 bits per heavy atom. The van der Waals surface area contributed by atoms with Crippen LogP contribution in [-0.4, -0.2) is 75.4 Å². The van der Waals surface area contributed by atoms with Crippen LogP contribution in [0.3, 0.4) is 0 Å². The first kappa shape index (κ1) is 28.1. The minimum Gasteiger partial charge on any atom is -0.382 e. The number of fused-ring (bicyclic) bond motifs is 2. The molecule has 6 atom stereocenters. The molecular formula is C21H24FN8O9P2+. The van der Waals surface area contributed by atoms with Crippen LogP contribution in [0.2, 0.25) is 0 Å². The third-order valence-electron chi connectivity index (χ3n) is 6.73. The molecule has 6 heterocycles. The second-order valence-electron chi connectivity index (χ2n) is 9.28. The minimum atomic E-state index is -2.70. The van der Waals surface area contributed by atoms with Crippen molar-refractivity contribution in [3.05, 3.63) is 41.3 Å². The Morgan fingerprint density at radius 3 is 2.83 bits per heavy atom. The van der Waals surface area contributed by atoms with Crippen LogP contribution in [0.1, 0.15) is 31.7 Å². The summed E-state index contributed by atoms with van der Waals surface area (Å²) in [5.41, 5.74) is 6.15. The summed E-state index contributed by atoms with van der Waals surface area (Å²) in [7, 11) is -5.34. The number of halogens is 1. The number of ether oxygens (including phenoxy) is 2. The van der Waals surface area contributed by atoms with Crippen LogP contribution in [0.25, 0.3) is 22.2 Å². The average Bonchev–Trinajstić information content (AvgIpc) is 3.72. The highest BCUT2D eigenvalue weighted by atomic mass is 31.2. The molecule has 2 aliphatic heterocycles. The fourth-order valence-corrected chi connectivity index (χ4v) is 6.00. The molecule has 17 nitrogen and oxygen atoms in total. The molecule has 0 aromatic carbocycles. The van der Waals surface area contributed by atoms with Crippen LogP contribution in [-0.2, 0) is 27.6 Å². The molecule has 5 N–H and O–H groups in total. The van der Waals surface area contributed by atoms with Gasteiger partial charge in [-0.2, -0.15) is 0 Å². The molecule has 4 aromatic heterocycles. The van der Waals surface area contributed by atoms with Gasteiger partial charge in [0.05, 0.1) is 31.5 Å². The van der Waals surface area contributed by atoms with E-state index in [0.717, 1.165) is 12.5 Å². The van der Waals surface area contributed by atoms with Gasteiger partial charge in [0.2, 0.25) is 0 Å². The van der Waals surface area contributed by atoms with Crippen molar-refractivity contribution in [2.45, 2.75) is 50.0 Å². The number of nitrogen functional groups attached to an aromatic ring is 1. The number of H-pyrrole nitrogens is 1. The Hall–Kier alpha value is -3.05. The van der Waals surface area contributed by atoms with Crippen molar-refractivity contribution in [2.75, 3.05) is 18.9 Å². The first-order valence-corrected chi connectivity index (χ1v) is 14.6. The quantitative estimate of drug-likeness (QED) is 0.186. The zero-order chi connectivity index (χ0) is 28.7. The summed E-state index contributed by atoms with van der Waals surface area (Å²) >= 11 is 0. The Morgan fingerprint density at radius 2 is 2.00 bits per heavy atom. The fraction of sp³-hybridized carbons (Fsp3) is 0.476. The predicted octanol–water partition coefficient (Wildman–Crippen LogP) is 1.54. The lowest BCUT2D eigenvalue weighted by Gasteiger charge is -2.17. The van der Waals surface area contributed by atoms with Crippen LogP contribution in [0, 0.1) is 5.82 Å². The SMILES string of the molecule is Nc1ncnc2c1ncn2[C@H]1CC[C@@H](CO[P+](=O)O[C@@H]2C[C@@H](COP(O)O)O[C@H]2n2cc(F)c3c(=O)[nH]cnc32)O1. The molecule has 4 aromatic rings. The van der Waals surface area contributed by atoms with Crippen molar-refractivity contribution in [1.29, 1.82) is 0 Å². The van der Waals surface area contributed by atoms with Gasteiger partial charge >= 0.3 is 16.9 Å². The molecule has 2 aliphatic rings. The van der Waals surface area contributed by atoms with Crippen LogP contribution in [0.5, 0.6) is 0 Å². The summed E-state index contributed by atoms with van der Waals surface area (Å²) in [6, 6.07) is 0. The summed E-state index contributed by atoms with van der Waals surface area (Å²) < 4.78 is 58.4. The minimum absolute atomic E-state index is 0.0152. The van der Waals surface area contributed by atoms with Gasteiger partial charge in [-0.25, -0.2) is 24.3 Å². The van der Waals surface area contributed by atoms with Gasteiger partial charge in [-0.3, -0.25) is 9.36 Å². The van der Waals surface area contributed by atoms with Crippen molar-refractivity contribution >= 4 is 44.9 Å². The standard InChI is InChI=1S/C21H23FN8O9P2/c22-12-4-29(18-15(12)20(31)27-8-25-18)21-13(3-11(38-21)6-35-40(32)33)39-41(34)36-5-10-1-2-14(37-10)30-9-28-16-17(23)24-7-26-19(16)30/h4,7-11,13-14,21,32-33H,1-3,5-6H2,(H2-,23,24,25,26,27,31)/p+1/t10-,11-,13+,14+,21+/m0/s1. The molecule has 41 heavy (non-hydrogen) atoms. The molecule has 1 unspecified atom stereocenters. The number of rotatable bonds is 10. The zero-order valence-corrected chi connectivity index (χ0v) is 22.8. The number of aromatic amines is 1. The second kappa shape index (κ2) is 11.7. The first-order chi connectivity index (χ1) is 19.8. The van der Waals surface area contributed by atoms with Crippen LogP contribution in [0.15, 0.2) is 30.0 Å². The molecule has 6 rings (SSSR count). The number of nitrogens with zero attached hydrogens (tertiary/aromatic N) is 6. The molecule has 0 spiro atoms. The Kier molecular flexibility index (Phi) is 8.00. The van der Waals surface area contributed by atoms with Crippen molar-refractivity contribution in [3.63, 3.8) is 0 Å². The van der Waals surface area contributed by atoms with E-state index in [4.69, 9.17) is 38.6 Å². The maximum absolute atomic E-state index is 14.6. The van der Waals surface area contributed by atoms with E-state index in [1.54, 1.807) is 10.9 Å². The molecule has 0 radical (unpaired) electrons. The van der Waals surface area contributed by atoms with Gasteiger partial charge in [-0.1, -0.05) is 0 Å². The summed E-state index contributed by atoms with van der Waals surface area (Å²) in [6.45, 7) is -0.267. The summed E-state index contributed by atoms with van der Waals surface area (Å²) in [6.07, 6.45) is 2.82. The monoisotopic (exact) mass is 613 g/mol. The molecule has 0 aliphatic carbocycles. The lowest BCUT2D eigenvalue weighted by molar-refractivity contribution is -0.0450. The molecule has 2 fully saturated rings. The summed E-state index contributed by atoms with van der Waals surface area (Å²) in [4.78, 5) is 49.1. The fourth-order valence-electron chi connectivity index (χ4n) is 4.94. The number of hydrogen-bond donors (Lipinski definition) is 4. The van der Waals surface area contributed by atoms with E-state index in [1.807, 2.05) is 0 Å². The van der Waals surface area contributed by atoms with Gasteiger partial charge in [0.15, 0.2) is 35.3 Å². The number of imidazole rings is 1. The molecular weight excluding hydrogens is 589 g/mol. The van der Waals surface area contributed by atoms with Crippen LogP contribution < -0.4 is 11.3 Å². The number of nitrogens with two attached hydrogens (primary N) is 1. The van der Waals surface area contributed by atoms with Crippen LogP contribution >= 0.6 is 16.9 Å². The topological polar surface area (TPSA) is 224 Å². The third-order valence-corrected chi connectivity index (χ3v) is 7.92. The average molecular weight is 613 g/mol. The Labute approximate surface area is 231 Å². The zero-order valence-electron chi connectivity index (χ0n) is 21.0. The van der Waals surface area contributed by atoms with E-state index in [0.29, 0.717) is 24.0 Å². The summed E-state index contributed by atoms with van der Waals surface area (Å²) in [5.74, 6) is -0.574. The number of nitrogens with one attached hydrogen (secondary N) is 1. The highest BCUT2D eigenvalue weighted by molar-refractivity contribution is 7.39. The normalized spacial score (nSPS) is 25.2. The maximum atomic E-state index is 14.6. The van der Waals surface area contributed by atoms with E-state index in [1.165, 1.54) is 10.9 Å². The van der Waals surface area contributed by atoms with E-state index in [9.17, 15) is 13.8 Å². The lowest BCUT2D eigenvalue weighted by Crippen LogP contribution is -2.22. The van der Waals surface area contributed by atoms with Crippen molar-refractivity contribution in [2.24, 2.45) is 0 Å². The van der Waals surface area contributed by atoms with Crippen LogP contribution in [0.4, 0.5) is 10.2 Å². The lowest BCUT2D eigenvalue weighted by atomic mass is 10.2. The first-order valence-electron chi connectivity index (χ1n) is 12.3. The Balaban J connectivity index is 1.11. The van der Waals surface area contributed by atoms with E-state index >= 15 is 0 Å². The molecule has 2 saturated heterocycles. The molecule has 0 amide bonds. The molecule has 0 bridgehead atoms. The van der Waals surface area contributed by atoms with Crippen molar-refractivity contribution in [1.82, 2.24) is 34.1 Å². The molecule has 20 heteroatoms. The largest absolute Gasteiger partial charge is 0.697 e. The van der Waals surface area contributed by atoms with E-state index in [2.05, 4.69) is 24.9 Å². The van der Waals surface area contributed by atoms with Crippen molar-refractivity contribution in [3.8, 4) is 0 Å². The summed E-state index contributed by atoms with van der Waals surface area (Å²) in [5, 5.41) is -0.280. The highest BCUT2D eigenvalue weighted by Crippen LogP contribution is 2.41. The third kappa shape index (κ3) is 5.70. The van der Waals surface area contributed by atoms with Gasteiger partial charge < -0.3 is 39.1 Å². The predicted molar refractivity (Wildman–Crippen MR) is 137 cm³/mol. The maximum Gasteiger partial charge on any atom is 0.697 e. The number of aromatic nitrogens is 7. The smallest absolute Gasteiger partial charge is 0.382 e. The van der Waals surface area contributed by atoms with Gasteiger partial charge in [-0.15, -0.1) is 9.05 Å². The van der Waals surface area contributed by atoms with Gasteiger partial charge in [0.1, 0.15) is 30.1 Å². The van der Waals surface area contributed by atoms with E-state index in [-0.39, 0.29) is 42.7 Å². The Bertz CT molecular complexity index is 1630. The van der Waals surface area contributed by atoms with Gasteiger partial charge in [-0.05, 0) is 12.8 Å².